The fourth-order valence-electron chi connectivity index (χ4n) is 4.42. The molecule has 2 aliphatic heterocycles. The highest BCUT2D eigenvalue weighted by molar-refractivity contribution is 8.14. The van der Waals surface area contributed by atoms with Crippen LogP contribution in [0.2, 0.25) is 5.02 Å². The summed E-state index contributed by atoms with van der Waals surface area (Å²) in [4.78, 5) is 49.8. The van der Waals surface area contributed by atoms with E-state index in [0.717, 1.165) is 17.3 Å². The summed E-state index contributed by atoms with van der Waals surface area (Å²) in [6, 6.07) is 18.7. The van der Waals surface area contributed by atoms with E-state index in [1.165, 1.54) is 12.0 Å². The van der Waals surface area contributed by atoms with E-state index in [9.17, 15) is 14.4 Å². The first-order chi connectivity index (χ1) is 19.9. The fourth-order valence-corrected chi connectivity index (χ4v) is 5.39. The predicted molar refractivity (Wildman–Crippen MR) is 159 cm³/mol. The number of para-hydroxylation sites is 2. The van der Waals surface area contributed by atoms with Gasteiger partial charge in [-0.1, -0.05) is 53.7 Å². The van der Waals surface area contributed by atoms with E-state index < -0.39 is 6.04 Å². The van der Waals surface area contributed by atoms with Gasteiger partial charge in [0.15, 0.2) is 5.17 Å². The highest BCUT2D eigenvalue weighted by Gasteiger charge is 2.42. The van der Waals surface area contributed by atoms with Crippen LogP contribution in [-0.2, 0) is 20.9 Å². The number of aliphatic imine (C=N–C) groups is 2. The average Bonchev–Trinajstić information content (AvgIpc) is 3.31. The van der Waals surface area contributed by atoms with Crippen molar-refractivity contribution in [1.82, 2.24) is 10.2 Å². The molecule has 0 radical (unpaired) electrons. The standard InChI is InChI=1S/C29H26ClN5O5S/c1-39-23-10-6-3-7-17(23)15-31-25(36)14-22-28(38)35-27(33-22)19-8-4-5-9-20(19)34-29(35)41-16-26(37)32-21-13-18(30)11-12-24(21)40-2/h3-13,22H,14-16H2,1-2H3,(H,31,36)(H,32,37)/t22-/m1/s1. The lowest BCUT2D eigenvalue weighted by Gasteiger charge is -2.25. The van der Waals surface area contributed by atoms with Crippen molar-refractivity contribution in [1.29, 1.82) is 0 Å². The molecule has 0 fully saturated rings. The van der Waals surface area contributed by atoms with Gasteiger partial charge in [0.25, 0.3) is 5.91 Å². The lowest BCUT2D eigenvalue weighted by molar-refractivity contribution is -0.128. The molecular formula is C29H26ClN5O5S. The van der Waals surface area contributed by atoms with Gasteiger partial charge in [-0.25, -0.2) is 9.89 Å². The van der Waals surface area contributed by atoms with E-state index in [-0.39, 0.29) is 36.4 Å². The number of halogens is 1. The number of carbonyl (C=O) groups excluding carboxylic acids is 3. The number of rotatable bonds is 9. The van der Waals surface area contributed by atoms with Crippen molar-refractivity contribution in [2.75, 3.05) is 25.3 Å². The number of fused-ring (bicyclic) bond motifs is 3. The second kappa shape index (κ2) is 12.4. The van der Waals surface area contributed by atoms with E-state index >= 15 is 0 Å². The third-order valence-corrected chi connectivity index (χ3v) is 7.54. The number of hydrogen-bond acceptors (Lipinski definition) is 8. The molecule has 210 valence electrons. The molecule has 2 heterocycles. The largest absolute Gasteiger partial charge is 0.496 e. The minimum absolute atomic E-state index is 0.0439. The third kappa shape index (κ3) is 6.21. The van der Waals surface area contributed by atoms with Crippen molar-refractivity contribution in [3.05, 3.63) is 82.9 Å². The monoisotopic (exact) mass is 591 g/mol. The number of hydrogen-bond donors (Lipinski definition) is 2. The molecule has 0 unspecified atom stereocenters. The normalized spacial score (nSPS) is 15.3. The van der Waals surface area contributed by atoms with Gasteiger partial charge in [-0.3, -0.25) is 19.4 Å². The number of thioether (sulfide) groups is 1. The van der Waals surface area contributed by atoms with Crippen LogP contribution >= 0.6 is 23.4 Å². The van der Waals surface area contributed by atoms with Gasteiger partial charge in [-0.15, -0.1) is 0 Å². The van der Waals surface area contributed by atoms with Gasteiger partial charge in [0, 0.05) is 22.7 Å². The summed E-state index contributed by atoms with van der Waals surface area (Å²) in [7, 11) is 3.06. The Morgan fingerprint density at radius 2 is 1.76 bits per heavy atom. The smallest absolute Gasteiger partial charge is 0.259 e. The minimum Gasteiger partial charge on any atom is -0.496 e. The van der Waals surface area contributed by atoms with Gasteiger partial charge in [-0.2, -0.15) is 0 Å². The number of benzene rings is 3. The van der Waals surface area contributed by atoms with Crippen molar-refractivity contribution in [3.63, 3.8) is 0 Å². The minimum atomic E-state index is -0.927. The quantitative estimate of drug-likeness (QED) is 0.381. The number of ether oxygens (including phenoxy) is 2. The molecule has 0 aromatic heterocycles. The Balaban J connectivity index is 1.28. The molecule has 0 aliphatic carbocycles. The molecule has 1 atom stereocenters. The molecule has 3 aromatic carbocycles. The summed E-state index contributed by atoms with van der Waals surface area (Å²) in [6.45, 7) is 0.252. The van der Waals surface area contributed by atoms with Gasteiger partial charge in [0.1, 0.15) is 23.4 Å². The maximum absolute atomic E-state index is 13.5. The van der Waals surface area contributed by atoms with Crippen molar-refractivity contribution in [3.8, 4) is 11.5 Å². The van der Waals surface area contributed by atoms with Crippen molar-refractivity contribution >= 4 is 63.5 Å². The van der Waals surface area contributed by atoms with Crippen LogP contribution in [0.15, 0.2) is 76.7 Å². The molecule has 3 amide bonds. The fraction of sp³-hybridized carbons (Fsp3) is 0.207. The zero-order valence-corrected chi connectivity index (χ0v) is 23.8. The molecule has 0 bridgehead atoms. The number of methoxy groups -OCH3 is 2. The number of amides is 3. The van der Waals surface area contributed by atoms with E-state index in [2.05, 4.69) is 20.6 Å². The van der Waals surface area contributed by atoms with E-state index in [1.807, 2.05) is 48.5 Å². The number of carbonyl (C=O) groups is 3. The van der Waals surface area contributed by atoms with Crippen molar-refractivity contribution < 1.29 is 23.9 Å². The number of amidine groups is 2. The third-order valence-electron chi connectivity index (χ3n) is 6.36. The Morgan fingerprint density at radius 3 is 2.56 bits per heavy atom. The molecule has 0 spiro atoms. The maximum atomic E-state index is 13.5. The lowest BCUT2D eigenvalue weighted by Crippen LogP contribution is -2.42. The maximum Gasteiger partial charge on any atom is 0.259 e. The molecule has 2 aliphatic rings. The van der Waals surface area contributed by atoms with Crippen LogP contribution in [0.4, 0.5) is 11.4 Å². The van der Waals surface area contributed by atoms with Crippen LogP contribution in [0.25, 0.3) is 0 Å². The Hall–Kier alpha value is -4.35. The summed E-state index contributed by atoms with van der Waals surface area (Å²) in [5.41, 5.74) is 2.55. The topological polar surface area (TPSA) is 122 Å². The first-order valence-electron chi connectivity index (χ1n) is 12.6. The van der Waals surface area contributed by atoms with E-state index in [4.69, 9.17) is 21.1 Å². The lowest BCUT2D eigenvalue weighted by atomic mass is 10.1. The Bertz CT molecular complexity index is 1580. The van der Waals surface area contributed by atoms with E-state index in [1.54, 1.807) is 25.3 Å². The number of nitrogens with one attached hydrogen (secondary N) is 2. The average molecular weight is 592 g/mol. The molecule has 0 saturated heterocycles. The molecule has 3 aromatic rings. The highest BCUT2D eigenvalue weighted by atomic mass is 35.5. The summed E-state index contributed by atoms with van der Waals surface area (Å²) < 4.78 is 10.6. The van der Waals surface area contributed by atoms with Crippen molar-refractivity contribution in [2.24, 2.45) is 9.98 Å². The molecular weight excluding hydrogens is 566 g/mol. The zero-order valence-electron chi connectivity index (χ0n) is 22.2. The summed E-state index contributed by atoms with van der Waals surface area (Å²) in [5.74, 6) is 0.439. The molecule has 5 rings (SSSR count). The van der Waals surface area contributed by atoms with Gasteiger partial charge < -0.3 is 20.1 Å². The number of anilines is 1. The van der Waals surface area contributed by atoms with Gasteiger partial charge in [0.05, 0.1) is 37.8 Å². The molecule has 41 heavy (non-hydrogen) atoms. The summed E-state index contributed by atoms with van der Waals surface area (Å²) in [5, 5.41) is 6.38. The van der Waals surface area contributed by atoms with Crippen LogP contribution < -0.4 is 20.1 Å². The van der Waals surface area contributed by atoms with Gasteiger partial charge >= 0.3 is 0 Å². The summed E-state index contributed by atoms with van der Waals surface area (Å²) in [6.07, 6.45) is -0.136. The van der Waals surface area contributed by atoms with Crippen molar-refractivity contribution in [2.45, 2.75) is 19.0 Å². The van der Waals surface area contributed by atoms with Crippen LogP contribution in [-0.4, -0.2) is 59.6 Å². The second-order valence-electron chi connectivity index (χ2n) is 9.03. The molecule has 10 nitrogen and oxygen atoms in total. The first kappa shape index (κ1) is 28.2. The van der Waals surface area contributed by atoms with Gasteiger partial charge in [-0.05, 0) is 36.4 Å². The van der Waals surface area contributed by atoms with E-state index in [0.29, 0.717) is 44.5 Å². The number of nitrogens with zero attached hydrogens (tertiary/aromatic N) is 3. The summed E-state index contributed by atoms with van der Waals surface area (Å²) >= 11 is 7.17. The predicted octanol–water partition coefficient (Wildman–Crippen LogP) is 4.39. The SMILES string of the molecule is COc1ccccc1CNC(=O)C[C@H]1N=C2c3ccccc3N=C(SCC(=O)Nc3cc(Cl)ccc3OC)N2C1=O. The second-order valence-corrected chi connectivity index (χ2v) is 10.4. The molecule has 12 heteroatoms. The van der Waals surface area contributed by atoms with Crippen LogP contribution in [0.3, 0.4) is 0 Å². The highest BCUT2D eigenvalue weighted by Crippen LogP contribution is 2.34. The van der Waals surface area contributed by atoms with Crippen LogP contribution in [0.5, 0.6) is 11.5 Å². The van der Waals surface area contributed by atoms with Crippen LogP contribution in [0, 0.1) is 0 Å². The van der Waals surface area contributed by atoms with Gasteiger partial charge in [0.2, 0.25) is 11.8 Å². The first-order valence-corrected chi connectivity index (χ1v) is 14.0. The Kier molecular flexibility index (Phi) is 8.55. The molecule has 2 N–H and O–H groups in total. The zero-order chi connectivity index (χ0) is 28.9. The molecule has 0 saturated carbocycles. The Morgan fingerprint density at radius 1 is 1.00 bits per heavy atom. The van der Waals surface area contributed by atoms with Crippen LogP contribution in [0.1, 0.15) is 17.5 Å². The Labute approximate surface area is 245 Å².